The lowest BCUT2D eigenvalue weighted by molar-refractivity contribution is 0.402. The van der Waals surface area contributed by atoms with Gasteiger partial charge in [-0.3, -0.25) is 0 Å². The van der Waals surface area contributed by atoms with E-state index in [9.17, 15) is 0 Å². The van der Waals surface area contributed by atoms with Crippen LogP contribution in [-0.2, 0) is 5.41 Å². The number of rotatable bonds is 5. The van der Waals surface area contributed by atoms with Gasteiger partial charge in [-0.2, -0.15) is 0 Å². The Hall–Kier alpha value is -0.660. The summed E-state index contributed by atoms with van der Waals surface area (Å²) < 4.78 is 0. The summed E-state index contributed by atoms with van der Waals surface area (Å²) in [7, 11) is 2.06. The zero-order valence-electron chi connectivity index (χ0n) is 12.6. The molecule has 114 valence electrons. The highest BCUT2D eigenvalue weighted by Crippen LogP contribution is 2.47. The summed E-state index contributed by atoms with van der Waals surface area (Å²) in [5.41, 5.74) is 4.78. The smallest absolute Gasteiger partial charge is 0.0595 e. The molecule has 2 fully saturated rings. The summed E-state index contributed by atoms with van der Waals surface area (Å²) in [5, 5.41) is 4.76. The molecule has 2 aliphatic rings. The predicted octanol–water partition coefficient (Wildman–Crippen LogP) is 5.85. The van der Waals surface area contributed by atoms with Crippen molar-refractivity contribution in [2.24, 2.45) is 0 Å². The molecule has 0 unspecified atom stereocenters. The molecule has 0 aromatic heterocycles. The van der Waals surface area contributed by atoms with Crippen molar-refractivity contribution in [3.05, 3.63) is 45.1 Å². The van der Waals surface area contributed by atoms with Crippen molar-refractivity contribution in [3.63, 3.8) is 0 Å². The van der Waals surface area contributed by atoms with Crippen LogP contribution in [0.3, 0.4) is 0 Å². The SMILES string of the molecule is CNC(CCC1(c2ccc(Cl)c(Cl)c2)CCCC1)=C1CC1. The van der Waals surface area contributed by atoms with E-state index in [1.54, 1.807) is 5.57 Å². The van der Waals surface area contributed by atoms with Gasteiger partial charge in [0.2, 0.25) is 0 Å². The second kappa shape index (κ2) is 6.22. The molecule has 0 heterocycles. The van der Waals surface area contributed by atoms with Gasteiger partial charge in [-0.1, -0.05) is 47.7 Å². The zero-order valence-corrected chi connectivity index (χ0v) is 14.2. The van der Waals surface area contributed by atoms with E-state index < -0.39 is 0 Å². The molecule has 3 heteroatoms. The lowest BCUT2D eigenvalue weighted by atomic mass is 9.75. The summed E-state index contributed by atoms with van der Waals surface area (Å²) in [6, 6.07) is 6.24. The highest BCUT2D eigenvalue weighted by Gasteiger charge is 2.36. The van der Waals surface area contributed by atoms with Crippen molar-refractivity contribution in [2.75, 3.05) is 7.05 Å². The van der Waals surface area contributed by atoms with Crippen LogP contribution in [0.15, 0.2) is 29.5 Å². The Morgan fingerprint density at radius 2 is 1.86 bits per heavy atom. The van der Waals surface area contributed by atoms with E-state index in [4.69, 9.17) is 23.2 Å². The standard InChI is InChI=1S/C18H23Cl2N/c1-21-17(13-4-5-13)8-11-18(9-2-3-10-18)14-6-7-15(19)16(20)12-14/h6-7,12,21H,2-5,8-11H2,1H3. The Bertz CT molecular complexity index is 550. The summed E-state index contributed by atoms with van der Waals surface area (Å²) in [4.78, 5) is 0. The molecule has 3 rings (SSSR count). The van der Waals surface area contributed by atoms with Gasteiger partial charge in [0, 0.05) is 12.7 Å². The minimum atomic E-state index is 0.297. The van der Waals surface area contributed by atoms with Crippen molar-refractivity contribution in [1.29, 1.82) is 0 Å². The first-order valence-electron chi connectivity index (χ1n) is 7.99. The fourth-order valence-electron chi connectivity index (χ4n) is 3.77. The van der Waals surface area contributed by atoms with Crippen LogP contribution in [0, 0.1) is 0 Å². The van der Waals surface area contributed by atoms with Crippen LogP contribution in [0.2, 0.25) is 10.0 Å². The molecule has 1 aromatic rings. The lowest BCUT2D eigenvalue weighted by Crippen LogP contribution is -2.23. The van der Waals surface area contributed by atoms with Crippen LogP contribution in [-0.4, -0.2) is 7.05 Å². The van der Waals surface area contributed by atoms with E-state index in [1.807, 2.05) is 6.07 Å². The molecule has 0 radical (unpaired) electrons. The number of hydrogen-bond donors (Lipinski definition) is 1. The quantitative estimate of drug-likeness (QED) is 0.716. The topological polar surface area (TPSA) is 12.0 Å². The van der Waals surface area contributed by atoms with Gasteiger partial charge in [-0.05, 0) is 61.6 Å². The molecule has 0 atom stereocenters. The average molecular weight is 324 g/mol. The Morgan fingerprint density at radius 3 is 2.43 bits per heavy atom. The van der Waals surface area contributed by atoms with E-state index in [0.29, 0.717) is 15.5 Å². The first-order chi connectivity index (χ1) is 10.1. The molecule has 1 N–H and O–H groups in total. The van der Waals surface area contributed by atoms with Gasteiger partial charge >= 0.3 is 0 Å². The molecule has 0 bridgehead atoms. The molecule has 0 aliphatic heterocycles. The minimum Gasteiger partial charge on any atom is -0.391 e. The highest BCUT2D eigenvalue weighted by atomic mass is 35.5. The fourth-order valence-corrected chi connectivity index (χ4v) is 4.07. The van der Waals surface area contributed by atoms with Crippen LogP contribution in [0.5, 0.6) is 0 Å². The van der Waals surface area contributed by atoms with Crippen molar-refractivity contribution in [1.82, 2.24) is 5.32 Å². The van der Waals surface area contributed by atoms with Crippen LogP contribution in [0.1, 0.15) is 56.9 Å². The van der Waals surface area contributed by atoms with Gasteiger partial charge in [0.1, 0.15) is 0 Å². The maximum Gasteiger partial charge on any atom is 0.0595 e. The van der Waals surface area contributed by atoms with E-state index in [-0.39, 0.29) is 0 Å². The van der Waals surface area contributed by atoms with Gasteiger partial charge < -0.3 is 5.32 Å². The van der Waals surface area contributed by atoms with Gasteiger partial charge in [-0.25, -0.2) is 0 Å². The van der Waals surface area contributed by atoms with Gasteiger partial charge in [-0.15, -0.1) is 0 Å². The fraction of sp³-hybridized carbons (Fsp3) is 0.556. The summed E-state index contributed by atoms with van der Waals surface area (Å²) in [5.74, 6) is 0. The van der Waals surface area contributed by atoms with Crippen LogP contribution < -0.4 is 5.32 Å². The normalized spacial score (nSPS) is 19.7. The summed E-state index contributed by atoms with van der Waals surface area (Å²) in [6.45, 7) is 0. The molecule has 1 aromatic carbocycles. The highest BCUT2D eigenvalue weighted by molar-refractivity contribution is 6.42. The van der Waals surface area contributed by atoms with Crippen molar-refractivity contribution in [3.8, 4) is 0 Å². The van der Waals surface area contributed by atoms with E-state index in [0.717, 1.165) is 6.42 Å². The van der Waals surface area contributed by atoms with Gasteiger partial charge in [0.25, 0.3) is 0 Å². The average Bonchev–Trinajstić information content (AvgIpc) is 3.21. The lowest BCUT2D eigenvalue weighted by Gasteiger charge is -2.30. The van der Waals surface area contributed by atoms with Crippen molar-refractivity contribution >= 4 is 23.2 Å². The third-order valence-corrected chi connectivity index (χ3v) is 5.91. The van der Waals surface area contributed by atoms with Gasteiger partial charge in [0.05, 0.1) is 10.0 Å². The largest absolute Gasteiger partial charge is 0.391 e. The third-order valence-electron chi connectivity index (χ3n) is 5.17. The number of nitrogens with one attached hydrogen (secondary N) is 1. The maximum atomic E-state index is 6.25. The number of allylic oxidation sites excluding steroid dienone is 2. The monoisotopic (exact) mass is 323 g/mol. The van der Waals surface area contributed by atoms with E-state index in [2.05, 4.69) is 24.5 Å². The van der Waals surface area contributed by atoms with Crippen molar-refractivity contribution < 1.29 is 0 Å². The molecule has 2 saturated carbocycles. The first kappa shape index (κ1) is 15.2. The first-order valence-corrected chi connectivity index (χ1v) is 8.74. The Kier molecular flexibility index (Phi) is 4.51. The third kappa shape index (κ3) is 3.24. The number of hydrogen-bond acceptors (Lipinski definition) is 1. The Labute approximate surface area is 137 Å². The second-order valence-corrected chi connectivity index (χ2v) is 7.26. The second-order valence-electron chi connectivity index (χ2n) is 6.45. The molecule has 0 saturated heterocycles. The van der Waals surface area contributed by atoms with Gasteiger partial charge in [0.15, 0.2) is 0 Å². The molecular weight excluding hydrogens is 301 g/mol. The maximum absolute atomic E-state index is 6.25. The number of halogens is 2. The van der Waals surface area contributed by atoms with Crippen LogP contribution in [0.4, 0.5) is 0 Å². The summed E-state index contributed by atoms with van der Waals surface area (Å²) in [6.07, 6.45) is 10.1. The van der Waals surface area contributed by atoms with Crippen LogP contribution in [0.25, 0.3) is 0 Å². The Balaban J connectivity index is 1.82. The molecule has 0 spiro atoms. The van der Waals surface area contributed by atoms with E-state index in [1.165, 1.54) is 56.2 Å². The minimum absolute atomic E-state index is 0.297. The molecule has 0 amide bonds. The number of benzene rings is 1. The van der Waals surface area contributed by atoms with Crippen molar-refractivity contribution in [2.45, 2.75) is 56.8 Å². The molecule has 1 nitrogen and oxygen atoms in total. The molecular formula is C18H23Cl2N. The molecule has 2 aliphatic carbocycles. The summed E-state index contributed by atoms with van der Waals surface area (Å²) >= 11 is 12.3. The molecule has 21 heavy (non-hydrogen) atoms. The zero-order chi connectivity index (χ0) is 14.9. The Morgan fingerprint density at radius 1 is 1.14 bits per heavy atom. The van der Waals surface area contributed by atoms with Crippen LogP contribution >= 0.6 is 23.2 Å². The van der Waals surface area contributed by atoms with E-state index >= 15 is 0 Å². The predicted molar refractivity (Wildman–Crippen MR) is 91.2 cm³/mol.